The molecule has 2 aromatic carbocycles. The molecular weight excluding hydrogens is 328 g/mol. The number of rotatable bonds is 2. The van der Waals surface area contributed by atoms with Gasteiger partial charge < -0.3 is 5.32 Å². The van der Waals surface area contributed by atoms with Crippen molar-refractivity contribution < 1.29 is 14.4 Å². The van der Waals surface area contributed by atoms with Crippen LogP contribution in [-0.4, -0.2) is 28.7 Å². The largest absolute Gasteiger partial charge is 0.339 e. The van der Waals surface area contributed by atoms with Crippen LogP contribution in [0.4, 0.5) is 0 Å². The summed E-state index contributed by atoms with van der Waals surface area (Å²) < 4.78 is 0. The van der Waals surface area contributed by atoms with E-state index in [9.17, 15) is 14.4 Å². The van der Waals surface area contributed by atoms with Gasteiger partial charge in [-0.2, -0.15) is 0 Å². The lowest BCUT2D eigenvalue weighted by Crippen LogP contribution is -2.58. The van der Waals surface area contributed by atoms with Crippen LogP contribution in [0.15, 0.2) is 48.5 Å². The Morgan fingerprint density at radius 1 is 1.04 bits per heavy atom. The van der Waals surface area contributed by atoms with Gasteiger partial charge in [0.15, 0.2) is 0 Å². The molecule has 3 aliphatic rings. The predicted octanol–water partition coefficient (Wildman–Crippen LogP) is 1.94. The standard InChI is InChI=1S/C21H18N2O3/c24-18-15-10-4-8-14-9-5-11-21(16(14)15)17(22-18)19(25)23(20(21)26)12-13-6-2-1-3-7-13/h1-4,6-8,10,17H,5,9,11-12H2,(H,22,24). The highest BCUT2D eigenvalue weighted by molar-refractivity contribution is 6.17. The molecule has 0 radical (unpaired) electrons. The van der Waals surface area contributed by atoms with E-state index in [0.717, 1.165) is 29.5 Å². The van der Waals surface area contributed by atoms with Crippen LogP contribution in [0.25, 0.3) is 0 Å². The smallest absolute Gasteiger partial charge is 0.253 e. The number of likely N-dealkylation sites (tertiary alicyclic amines) is 1. The Bertz CT molecular complexity index is 953. The first kappa shape index (κ1) is 15.3. The Morgan fingerprint density at radius 2 is 1.85 bits per heavy atom. The second kappa shape index (κ2) is 5.27. The SMILES string of the molecule is O=C1NC2C(=O)N(Cc3ccccc3)C(=O)C23CCCc2cccc1c23. The highest BCUT2D eigenvalue weighted by Crippen LogP contribution is 2.49. The van der Waals surface area contributed by atoms with Gasteiger partial charge in [-0.05, 0) is 42.0 Å². The summed E-state index contributed by atoms with van der Waals surface area (Å²) in [5.74, 6) is -0.730. The normalized spacial score (nSPS) is 26.4. The minimum absolute atomic E-state index is 0.176. The molecule has 1 spiro atoms. The zero-order chi connectivity index (χ0) is 17.9. The second-order valence-electron chi connectivity index (χ2n) is 7.29. The first-order chi connectivity index (χ1) is 12.6. The van der Waals surface area contributed by atoms with Crippen molar-refractivity contribution in [1.29, 1.82) is 0 Å². The average molecular weight is 346 g/mol. The van der Waals surface area contributed by atoms with Gasteiger partial charge in [0.25, 0.3) is 11.8 Å². The van der Waals surface area contributed by atoms with Crippen molar-refractivity contribution in [3.8, 4) is 0 Å². The van der Waals surface area contributed by atoms with Crippen molar-refractivity contribution in [3.63, 3.8) is 0 Å². The Morgan fingerprint density at radius 3 is 2.65 bits per heavy atom. The quantitative estimate of drug-likeness (QED) is 0.845. The van der Waals surface area contributed by atoms with Gasteiger partial charge in [0.1, 0.15) is 11.5 Å². The van der Waals surface area contributed by atoms with E-state index in [1.54, 1.807) is 6.07 Å². The van der Waals surface area contributed by atoms with Crippen molar-refractivity contribution in [2.75, 3.05) is 0 Å². The second-order valence-corrected chi connectivity index (χ2v) is 7.29. The summed E-state index contributed by atoms with van der Waals surface area (Å²) in [4.78, 5) is 40.5. The van der Waals surface area contributed by atoms with E-state index in [1.807, 2.05) is 42.5 Å². The molecule has 130 valence electrons. The Hall–Kier alpha value is -2.95. The molecule has 26 heavy (non-hydrogen) atoms. The Balaban J connectivity index is 1.66. The van der Waals surface area contributed by atoms with Crippen molar-refractivity contribution in [2.45, 2.75) is 37.3 Å². The maximum Gasteiger partial charge on any atom is 0.253 e. The van der Waals surface area contributed by atoms with Crippen LogP contribution < -0.4 is 5.32 Å². The summed E-state index contributed by atoms with van der Waals surface area (Å²) in [6, 6.07) is 14.3. The van der Waals surface area contributed by atoms with Crippen molar-refractivity contribution >= 4 is 17.7 Å². The third kappa shape index (κ3) is 1.83. The summed E-state index contributed by atoms with van der Waals surface area (Å²) in [5.41, 5.74) is 2.32. The number of benzene rings is 2. The molecule has 1 fully saturated rings. The average Bonchev–Trinajstić information content (AvgIpc) is 2.86. The third-order valence-corrected chi connectivity index (χ3v) is 5.95. The summed E-state index contributed by atoms with van der Waals surface area (Å²) in [7, 11) is 0. The molecular formula is C21H18N2O3. The molecule has 2 atom stereocenters. The van der Waals surface area contributed by atoms with Crippen LogP contribution in [0.3, 0.4) is 0 Å². The fourth-order valence-corrected chi connectivity index (χ4v) is 4.85. The molecule has 2 aromatic rings. The van der Waals surface area contributed by atoms with Gasteiger partial charge >= 0.3 is 0 Å². The van der Waals surface area contributed by atoms with E-state index in [1.165, 1.54) is 4.90 Å². The van der Waals surface area contributed by atoms with Gasteiger partial charge in [0.05, 0.1) is 6.54 Å². The molecule has 3 amide bonds. The highest BCUT2D eigenvalue weighted by atomic mass is 16.2. The summed E-state index contributed by atoms with van der Waals surface area (Å²) in [6.45, 7) is 0.240. The van der Waals surface area contributed by atoms with Gasteiger partial charge in [-0.1, -0.05) is 42.5 Å². The van der Waals surface area contributed by atoms with Gasteiger partial charge in [-0.3, -0.25) is 19.3 Å². The number of hydrogen-bond acceptors (Lipinski definition) is 3. The molecule has 1 saturated heterocycles. The monoisotopic (exact) mass is 346 g/mol. The van der Waals surface area contributed by atoms with Crippen molar-refractivity contribution in [3.05, 3.63) is 70.8 Å². The Kier molecular flexibility index (Phi) is 3.11. The molecule has 2 unspecified atom stereocenters. The number of nitrogens with zero attached hydrogens (tertiary/aromatic N) is 1. The lowest BCUT2D eigenvalue weighted by molar-refractivity contribution is -0.140. The zero-order valence-electron chi connectivity index (χ0n) is 14.2. The lowest BCUT2D eigenvalue weighted by Gasteiger charge is -2.41. The van der Waals surface area contributed by atoms with Crippen molar-refractivity contribution in [1.82, 2.24) is 10.2 Å². The van der Waals surface area contributed by atoms with E-state index in [-0.39, 0.29) is 24.3 Å². The zero-order valence-corrected chi connectivity index (χ0v) is 14.2. The molecule has 5 rings (SSSR count). The molecule has 5 heteroatoms. The number of aryl methyl sites for hydroxylation is 1. The van der Waals surface area contributed by atoms with Gasteiger partial charge in [0, 0.05) is 5.56 Å². The predicted molar refractivity (Wildman–Crippen MR) is 94.3 cm³/mol. The number of imide groups is 1. The van der Waals surface area contributed by atoms with Crippen LogP contribution in [0.5, 0.6) is 0 Å². The summed E-state index contributed by atoms with van der Waals surface area (Å²) in [5, 5.41) is 2.83. The fourth-order valence-electron chi connectivity index (χ4n) is 4.85. The lowest BCUT2D eigenvalue weighted by atomic mass is 9.63. The summed E-state index contributed by atoms with van der Waals surface area (Å²) in [6.07, 6.45) is 2.27. The van der Waals surface area contributed by atoms with Crippen LogP contribution in [-0.2, 0) is 28.0 Å². The molecule has 2 heterocycles. The first-order valence-electron chi connectivity index (χ1n) is 8.96. The van der Waals surface area contributed by atoms with Crippen LogP contribution >= 0.6 is 0 Å². The highest BCUT2D eigenvalue weighted by Gasteiger charge is 2.64. The number of carbonyl (C=O) groups is 3. The first-order valence-corrected chi connectivity index (χ1v) is 8.96. The minimum atomic E-state index is -0.941. The number of hydrogen-bond donors (Lipinski definition) is 1. The van der Waals surface area contributed by atoms with E-state index >= 15 is 0 Å². The topological polar surface area (TPSA) is 66.5 Å². The molecule has 0 bridgehead atoms. The molecule has 1 aliphatic carbocycles. The van der Waals surface area contributed by atoms with E-state index in [4.69, 9.17) is 0 Å². The Labute approximate surface area is 151 Å². The van der Waals surface area contributed by atoms with Gasteiger partial charge in [-0.15, -0.1) is 0 Å². The number of nitrogens with one attached hydrogen (secondary N) is 1. The van der Waals surface area contributed by atoms with Crippen LogP contribution in [0, 0.1) is 0 Å². The molecule has 0 saturated carbocycles. The van der Waals surface area contributed by atoms with Crippen LogP contribution in [0.1, 0.15) is 39.9 Å². The van der Waals surface area contributed by atoms with E-state index in [2.05, 4.69) is 5.32 Å². The fraction of sp³-hybridized carbons (Fsp3) is 0.286. The van der Waals surface area contributed by atoms with Crippen molar-refractivity contribution in [2.24, 2.45) is 0 Å². The molecule has 0 aromatic heterocycles. The van der Waals surface area contributed by atoms with Gasteiger partial charge in [-0.25, -0.2) is 0 Å². The minimum Gasteiger partial charge on any atom is -0.339 e. The third-order valence-electron chi connectivity index (χ3n) is 5.95. The summed E-state index contributed by atoms with van der Waals surface area (Å²) >= 11 is 0. The van der Waals surface area contributed by atoms with E-state index in [0.29, 0.717) is 12.0 Å². The molecule has 1 N–H and O–H groups in total. The van der Waals surface area contributed by atoms with E-state index < -0.39 is 11.5 Å². The maximum absolute atomic E-state index is 13.5. The number of amides is 3. The van der Waals surface area contributed by atoms with Crippen LogP contribution in [0.2, 0.25) is 0 Å². The van der Waals surface area contributed by atoms with Gasteiger partial charge in [0.2, 0.25) is 5.91 Å². The maximum atomic E-state index is 13.5. The number of carbonyl (C=O) groups excluding carboxylic acids is 3. The molecule has 5 nitrogen and oxygen atoms in total. The molecule has 2 aliphatic heterocycles.